The van der Waals surface area contributed by atoms with Gasteiger partial charge in [0.05, 0.1) is 18.2 Å². The van der Waals surface area contributed by atoms with Gasteiger partial charge in [0.15, 0.2) is 5.78 Å². The highest BCUT2D eigenvalue weighted by Crippen LogP contribution is 2.16. The third-order valence-corrected chi connectivity index (χ3v) is 3.05. The summed E-state index contributed by atoms with van der Waals surface area (Å²) in [6.45, 7) is 2.06. The van der Waals surface area contributed by atoms with Crippen LogP contribution in [-0.4, -0.2) is 15.4 Å². The van der Waals surface area contributed by atoms with Crippen LogP contribution in [0.2, 0.25) is 0 Å². The average Bonchev–Trinajstić information content (AvgIpc) is 2.89. The minimum absolute atomic E-state index is 0.0693. The Morgan fingerprint density at radius 1 is 1.56 bits per heavy atom. The van der Waals surface area contributed by atoms with Gasteiger partial charge in [-0.25, -0.2) is 0 Å². The lowest BCUT2D eigenvalue weighted by Crippen LogP contribution is -2.04. The number of carbonyl (C=O) groups excluding carboxylic acids is 1. The molecule has 0 aliphatic heterocycles. The van der Waals surface area contributed by atoms with E-state index in [4.69, 9.17) is 4.42 Å². The lowest BCUT2D eigenvalue weighted by atomic mass is 10.1. The van der Waals surface area contributed by atoms with Gasteiger partial charge in [-0.15, -0.1) is 5.10 Å². The Hall–Kier alpha value is -1.49. The van der Waals surface area contributed by atoms with Gasteiger partial charge in [-0.05, 0) is 29.6 Å². The number of nitrogens with zero attached hydrogens (tertiary/aromatic N) is 2. The first-order valence-electron chi connectivity index (χ1n) is 5.16. The van der Waals surface area contributed by atoms with Gasteiger partial charge >= 0.3 is 0 Å². The van der Waals surface area contributed by atoms with Crippen molar-refractivity contribution in [1.29, 1.82) is 0 Å². The molecule has 0 N–H and O–H groups in total. The Bertz CT molecular complexity index is 462. The molecule has 2 heterocycles. The van der Waals surface area contributed by atoms with Crippen molar-refractivity contribution in [2.45, 2.75) is 26.2 Å². The van der Waals surface area contributed by atoms with Gasteiger partial charge in [-0.1, -0.05) is 17.8 Å². The fraction of sp³-hybridized carbons (Fsp3) is 0.364. The van der Waals surface area contributed by atoms with Crippen molar-refractivity contribution in [2.75, 3.05) is 0 Å². The van der Waals surface area contributed by atoms with Crippen LogP contribution in [0.15, 0.2) is 23.0 Å². The highest BCUT2D eigenvalue weighted by Gasteiger charge is 2.16. The zero-order valence-corrected chi connectivity index (χ0v) is 9.79. The van der Waals surface area contributed by atoms with E-state index >= 15 is 0 Å². The molecule has 0 aromatic carbocycles. The van der Waals surface area contributed by atoms with Crippen LogP contribution in [-0.2, 0) is 12.8 Å². The summed E-state index contributed by atoms with van der Waals surface area (Å²) in [6, 6.07) is 1.80. The maximum atomic E-state index is 12.0. The summed E-state index contributed by atoms with van der Waals surface area (Å²) >= 11 is 1.18. The predicted molar refractivity (Wildman–Crippen MR) is 60.6 cm³/mol. The SMILES string of the molecule is CCCc1nnsc1C(=O)Cc1ccoc1. The van der Waals surface area contributed by atoms with Crippen LogP contribution in [0.5, 0.6) is 0 Å². The summed E-state index contributed by atoms with van der Waals surface area (Å²) in [5, 5.41) is 3.98. The van der Waals surface area contributed by atoms with Gasteiger partial charge in [0.1, 0.15) is 4.88 Å². The first-order chi connectivity index (χ1) is 7.81. The third kappa shape index (κ3) is 2.36. The molecule has 0 spiro atoms. The Morgan fingerprint density at radius 3 is 3.12 bits per heavy atom. The molecule has 0 amide bonds. The number of rotatable bonds is 5. The maximum absolute atomic E-state index is 12.0. The lowest BCUT2D eigenvalue weighted by molar-refractivity contribution is 0.0995. The number of Topliss-reactive ketones (excluding diaryl/α,β-unsaturated/α-hetero) is 1. The number of hydrogen-bond acceptors (Lipinski definition) is 5. The Kier molecular flexibility index (Phi) is 3.46. The molecule has 0 aliphatic carbocycles. The van der Waals surface area contributed by atoms with Crippen molar-refractivity contribution in [3.8, 4) is 0 Å². The summed E-state index contributed by atoms with van der Waals surface area (Å²) in [5.74, 6) is 0.0693. The van der Waals surface area contributed by atoms with E-state index < -0.39 is 0 Å². The Labute approximate surface area is 97.5 Å². The van der Waals surface area contributed by atoms with Crippen LogP contribution in [0.25, 0.3) is 0 Å². The fourth-order valence-electron chi connectivity index (χ4n) is 1.48. The third-order valence-electron chi connectivity index (χ3n) is 2.24. The summed E-state index contributed by atoms with van der Waals surface area (Å²) in [6.07, 6.45) is 5.30. The van der Waals surface area contributed by atoms with Gasteiger partial charge in [-0.2, -0.15) is 0 Å². The molecular weight excluding hydrogens is 224 g/mol. The number of carbonyl (C=O) groups is 1. The van der Waals surface area contributed by atoms with E-state index in [1.807, 2.05) is 0 Å². The lowest BCUT2D eigenvalue weighted by Gasteiger charge is -1.97. The van der Waals surface area contributed by atoms with Crippen LogP contribution >= 0.6 is 11.5 Å². The first-order valence-corrected chi connectivity index (χ1v) is 5.94. The van der Waals surface area contributed by atoms with Crippen LogP contribution in [0.4, 0.5) is 0 Å². The molecule has 5 heteroatoms. The topological polar surface area (TPSA) is 56.0 Å². The van der Waals surface area contributed by atoms with E-state index in [0.717, 1.165) is 24.1 Å². The molecule has 0 fully saturated rings. The van der Waals surface area contributed by atoms with Crippen LogP contribution in [0.3, 0.4) is 0 Å². The van der Waals surface area contributed by atoms with Crippen molar-refractivity contribution >= 4 is 17.3 Å². The van der Waals surface area contributed by atoms with E-state index in [1.165, 1.54) is 11.5 Å². The smallest absolute Gasteiger partial charge is 0.180 e. The number of furan rings is 1. The number of aromatic nitrogens is 2. The molecule has 0 unspecified atom stereocenters. The van der Waals surface area contributed by atoms with Crippen molar-refractivity contribution < 1.29 is 9.21 Å². The normalized spacial score (nSPS) is 10.6. The number of aryl methyl sites for hydroxylation is 1. The second-order valence-corrected chi connectivity index (χ2v) is 4.28. The predicted octanol–water partition coefficient (Wildman–Crippen LogP) is 2.51. The molecule has 2 rings (SSSR count). The molecule has 4 nitrogen and oxygen atoms in total. The Morgan fingerprint density at radius 2 is 2.44 bits per heavy atom. The molecule has 16 heavy (non-hydrogen) atoms. The van der Waals surface area contributed by atoms with Crippen molar-refractivity contribution in [3.63, 3.8) is 0 Å². The summed E-state index contributed by atoms with van der Waals surface area (Å²) in [4.78, 5) is 12.6. The molecule has 0 radical (unpaired) electrons. The Balaban J connectivity index is 2.11. The fourth-order valence-corrected chi connectivity index (χ4v) is 2.12. The van der Waals surface area contributed by atoms with Gasteiger partial charge < -0.3 is 4.42 Å². The number of ketones is 1. The van der Waals surface area contributed by atoms with Gasteiger partial charge in [0.25, 0.3) is 0 Å². The molecule has 2 aromatic rings. The summed E-state index contributed by atoms with van der Waals surface area (Å²) in [7, 11) is 0. The monoisotopic (exact) mass is 236 g/mol. The van der Waals surface area contributed by atoms with Crippen LogP contribution < -0.4 is 0 Å². The maximum Gasteiger partial charge on any atom is 0.180 e. The quantitative estimate of drug-likeness (QED) is 0.748. The van der Waals surface area contributed by atoms with E-state index in [2.05, 4.69) is 16.5 Å². The minimum atomic E-state index is 0.0693. The van der Waals surface area contributed by atoms with E-state index in [1.54, 1.807) is 18.6 Å². The van der Waals surface area contributed by atoms with Crippen molar-refractivity contribution in [2.24, 2.45) is 0 Å². The molecule has 2 aromatic heterocycles. The highest BCUT2D eigenvalue weighted by molar-refractivity contribution is 7.08. The zero-order chi connectivity index (χ0) is 11.4. The van der Waals surface area contributed by atoms with Gasteiger partial charge in [0, 0.05) is 6.42 Å². The standard InChI is InChI=1S/C11H12N2O2S/c1-2-3-9-11(16-13-12-9)10(14)6-8-4-5-15-7-8/h4-5,7H,2-3,6H2,1H3. The molecular formula is C11H12N2O2S. The van der Waals surface area contributed by atoms with Crippen molar-refractivity contribution in [3.05, 3.63) is 34.7 Å². The van der Waals surface area contributed by atoms with Crippen molar-refractivity contribution in [1.82, 2.24) is 9.59 Å². The molecule has 0 saturated carbocycles. The van der Waals surface area contributed by atoms with Crippen LogP contribution in [0.1, 0.15) is 34.3 Å². The second-order valence-electron chi connectivity index (χ2n) is 3.53. The van der Waals surface area contributed by atoms with Crippen LogP contribution in [0, 0.1) is 0 Å². The summed E-state index contributed by atoms with van der Waals surface area (Å²) < 4.78 is 8.77. The number of hydrogen-bond donors (Lipinski definition) is 0. The summed E-state index contributed by atoms with van der Waals surface area (Å²) in [5.41, 5.74) is 1.71. The van der Waals surface area contributed by atoms with E-state index in [9.17, 15) is 4.79 Å². The second kappa shape index (κ2) is 5.03. The minimum Gasteiger partial charge on any atom is -0.472 e. The van der Waals surface area contributed by atoms with Gasteiger partial charge in [-0.3, -0.25) is 4.79 Å². The van der Waals surface area contributed by atoms with E-state index in [-0.39, 0.29) is 5.78 Å². The molecule has 0 aliphatic rings. The first kappa shape index (κ1) is 11.0. The average molecular weight is 236 g/mol. The molecule has 84 valence electrons. The van der Waals surface area contributed by atoms with Gasteiger partial charge in [0.2, 0.25) is 0 Å². The molecule has 0 bridgehead atoms. The van der Waals surface area contributed by atoms with E-state index in [0.29, 0.717) is 11.3 Å². The largest absolute Gasteiger partial charge is 0.472 e. The molecule has 0 saturated heterocycles. The molecule has 0 atom stereocenters. The highest BCUT2D eigenvalue weighted by atomic mass is 32.1. The zero-order valence-electron chi connectivity index (χ0n) is 8.97.